The van der Waals surface area contributed by atoms with Crippen molar-refractivity contribution in [3.8, 4) is 0 Å². The Morgan fingerprint density at radius 3 is 2.91 bits per heavy atom. The second-order valence-corrected chi connectivity index (χ2v) is 5.78. The van der Waals surface area contributed by atoms with E-state index in [9.17, 15) is 8.78 Å². The summed E-state index contributed by atoms with van der Waals surface area (Å²) in [4.78, 5) is 2.32. The molecular weight excluding hydrogens is 308 g/mol. The number of allylic oxidation sites excluding steroid dienone is 1. The van der Waals surface area contributed by atoms with Crippen molar-refractivity contribution in [2.75, 3.05) is 13.2 Å². The molecule has 0 saturated heterocycles. The largest absolute Gasteiger partial charge is 0.372 e. The van der Waals surface area contributed by atoms with Crippen molar-refractivity contribution in [3.05, 3.63) is 46.8 Å². The van der Waals surface area contributed by atoms with Crippen LogP contribution in [0.15, 0.2) is 24.0 Å². The lowest BCUT2D eigenvalue weighted by Crippen LogP contribution is -2.39. The van der Waals surface area contributed by atoms with Crippen LogP contribution in [0.1, 0.15) is 30.4 Å². The van der Waals surface area contributed by atoms with E-state index >= 15 is 0 Å². The van der Waals surface area contributed by atoms with Gasteiger partial charge in [-0.25, -0.2) is 8.78 Å². The van der Waals surface area contributed by atoms with Gasteiger partial charge in [0.15, 0.2) is 0 Å². The highest BCUT2D eigenvalue weighted by Crippen LogP contribution is 2.30. The number of halogens is 3. The van der Waals surface area contributed by atoms with Crippen LogP contribution in [-0.4, -0.2) is 24.2 Å². The second-order valence-electron chi connectivity index (χ2n) is 5.78. The van der Waals surface area contributed by atoms with Crippen molar-refractivity contribution >= 4 is 12.4 Å². The molecule has 6 heteroatoms. The lowest BCUT2D eigenvalue weighted by Gasteiger charge is -2.35. The fourth-order valence-electron chi connectivity index (χ4n) is 3.36. The molecule has 0 bridgehead atoms. The number of fused-ring (bicyclic) bond motifs is 1. The van der Waals surface area contributed by atoms with Crippen LogP contribution in [0.4, 0.5) is 8.78 Å². The van der Waals surface area contributed by atoms with E-state index in [4.69, 9.17) is 5.73 Å². The van der Waals surface area contributed by atoms with Crippen molar-refractivity contribution in [1.29, 1.82) is 0 Å². The Balaban J connectivity index is 0.00000176. The zero-order chi connectivity index (χ0) is 14.8. The Morgan fingerprint density at radius 1 is 1.32 bits per heavy atom. The van der Waals surface area contributed by atoms with Crippen LogP contribution in [0.5, 0.6) is 0 Å². The molecule has 0 spiro atoms. The summed E-state index contributed by atoms with van der Waals surface area (Å²) in [6.07, 6.45) is 6.22. The first-order valence-electron chi connectivity index (χ1n) is 7.55. The highest BCUT2D eigenvalue weighted by Gasteiger charge is 2.29. The SMILES string of the molecule is Cl.NCCCC1=CNCN1[C@H]1CCc2c(F)cc(F)cc2C1. The molecule has 0 fully saturated rings. The maximum Gasteiger partial charge on any atom is 0.129 e. The van der Waals surface area contributed by atoms with Crippen LogP contribution in [0.3, 0.4) is 0 Å². The van der Waals surface area contributed by atoms with E-state index in [0.717, 1.165) is 37.6 Å². The van der Waals surface area contributed by atoms with Crippen molar-refractivity contribution in [1.82, 2.24) is 10.2 Å². The topological polar surface area (TPSA) is 41.3 Å². The summed E-state index contributed by atoms with van der Waals surface area (Å²) >= 11 is 0. The third-order valence-electron chi connectivity index (χ3n) is 4.41. The number of nitrogens with two attached hydrogens (primary N) is 1. The first-order chi connectivity index (χ1) is 10.2. The summed E-state index contributed by atoms with van der Waals surface area (Å²) in [5.74, 6) is -0.882. The Kier molecular flexibility index (Phi) is 5.64. The molecule has 1 aliphatic heterocycles. The van der Waals surface area contributed by atoms with Crippen LogP contribution < -0.4 is 11.1 Å². The summed E-state index contributed by atoms with van der Waals surface area (Å²) in [6.45, 7) is 1.45. The third kappa shape index (κ3) is 3.36. The molecule has 0 unspecified atom stereocenters. The van der Waals surface area contributed by atoms with Crippen LogP contribution in [0.25, 0.3) is 0 Å². The van der Waals surface area contributed by atoms with E-state index in [-0.39, 0.29) is 12.4 Å². The molecule has 1 atom stereocenters. The summed E-state index contributed by atoms with van der Waals surface area (Å²) < 4.78 is 27.2. The number of nitrogens with one attached hydrogen (secondary N) is 1. The first kappa shape index (κ1) is 17.0. The predicted molar refractivity (Wildman–Crippen MR) is 85.6 cm³/mol. The maximum atomic E-state index is 13.8. The van der Waals surface area contributed by atoms with Crippen LogP contribution in [0, 0.1) is 11.6 Å². The lowest BCUT2D eigenvalue weighted by molar-refractivity contribution is 0.234. The van der Waals surface area contributed by atoms with Crippen LogP contribution in [0.2, 0.25) is 0 Å². The summed E-state index contributed by atoms with van der Waals surface area (Å²) in [6, 6.07) is 2.78. The van der Waals surface area contributed by atoms with E-state index in [1.54, 1.807) is 0 Å². The summed E-state index contributed by atoms with van der Waals surface area (Å²) in [5.41, 5.74) is 8.33. The average Bonchev–Trinajstić information content (AvgIpc) is 2.92. The van der Waals surface area contributed by atoms with Gasteiger partial charge >= 0.3 is 0 Å². The minimum atomic E-state index is -0.481. The molecule has 0 radical (unpaired) electrons. The maximum absolute atomic E-state index is 13.8. The summed E-state index contributed by atoms with van der Waals surface area (Å²) in [5, 5.41) is 3.25. The minimum absolute atomic E-state index is 0. The molecule has 3 nitrogen and oxygen atoms in total. The van der Waals surface area contributed by atoms with Gasteiger partial charge in [-0.2, -0.15) is 0 Å². The van der Waals surface area contributed by atoms with Gasteiger partial charge in [0.25, 0.3) is 0 Å². The molecule has 3 N–H and O–H groups in total. The molecule has 0 amide bonds. The Labute approximate surface area is 136 Å². The highest BCUT2D eigenvalue weighted by atomic mass is 35.5. The molecule has 0 saturated carbocycles. The van der Waals surface area contributed by atoms with Crippen molar-refractivity contribution in [2.24, 2.45) is 5.73 Å². The molecule has 1 aliphatic carbocycles. The third-order valence-corrected chi connectivity index (χ3v) is 4.41. The van der Waals surface area contributed by atoms with Crippen LogP contribution >= 0.6 is 12.4 Å². The first-order valence-corrected chi connectivity index (χ1v) is 7.55. The summed E-state index contributed by atoms with van der Waals surface area (Å²) in [7, 11) is 0. The van der Waals surface area contributed by atoms with Gasteiger partial charge in [0, 0.05) is 24.0 Å². The number of nitrogens with zero attached hydrogens (tertiary/aromatic N) is 1. The van der Waals surface area contributed by atoms with Gasteiger partial charge in [0.1, 0.15) is 11.6 Å². The Morgan fingerprint density at radius 2 is 2.14 bits per heavy atom. The standard InChI is InChI=1S/C16H21F2N3.ClH/c17-12-6-11-7-13(3-4-15(11)16(18)8-12)21-10-20-9-14(21)2-1-5-19;/h6,8-9,13,20H,1-5,7,10,19H2;1H/t13-;/m0./s1. The number of rotatable bonds is 4. The fraction of sp³-hybridized carbons (Fsp3) is 0.500. The quantitative estimate of drug-likeness (QED) is 0.892. The molecule has 1 aromatic carbocycles. The van der Waals surface area contributed by atoms with Gasteiger partial charge in [-0.05, 0) is 55.8 Å². The van der Waals surface area contributed by atoms with E-state index in [2.05, 4.69) is 10.2 Å². The molecule has 122 valence electrons. The van der Waals surface area contributed by atoms with Gasteiger partial charge < -0.3 is 16.0 Å². The van der Waals surface area contributed by atoms with E-state index < -0.39 is 11.6 Å². The molecule has 1 aromatic rings. The number of hydrogen-bond acceptors (Lipinski definition) is 3. The molecule has 3 rings (SSSR count). The smallest absolute Gasteiger partial charge is 0.129 e. The molecular formula is C16H22ClF2N3. The van der Waals surface area contributed by atoms with Gasteiger partial charge in [-0.1, -0.05) is 0 Å². The van der Waals surface area contributed by atoms with Gasteiger partial charge in [-0.3, -0.25) is 0 Å². The second kappa shape index (κ2) is 7.29. The highest BCUT2D eigenvalue weighted by molar-refractivity contribution is 5.85. The van der Waals surface area contributed by atoms with Gasteiger partial charge in [0.05, 0.1) is 6.67 Å². The van der Waals surface area contributed by atoms with E-state index in [1.165, 1.54) is 11.8 Å². The Hall–Kier alpha value is -1.33. The van der Waals surface area contributed by atoms with Crippen molar-refractivity contribution in [2.45, 2.75) is 38.1 Å². The predicted octanol–water partition coefficient (Wildman–Crippen LogP) is 2.69. The molecule has 22 heavy (non-hydrogen) atoms. The van der Waals surface area contributed by atoms with Gasteiger partial charge in [-0.15, -0.1) is 12.4 Å². The van der Waals surface area contributed by atoms with Gasteiger partial charge in [0.2, 0.25) is 0 Å². The minimum Gasteiger partial charge on any atom is -0.372 e. The monoisotopic (exact) mass is 329 g/mol. The zero-order valence-corrected chi connectivity index (χ0v) is 13.3. The normalized spacial score (nSPS) is 20.0. The van der Waals surface area contributed by atoms with Crippen LogP contribution in [-0.2, 0) is 12.8 Å². The molecule has 0 aromatic heterocycles. The van der Waals surface area contributed by atoms with E-state index in [0.29, 0.717) is 31.0 Å². The molecule has 2 aliphatic rings. The van der Waals surface area contributed by atoms with Crippen molar-refractivity contribution < 1.29 is 8.78 Å². The number of benzene rings is 1. The van der Waals surface area contributed by atoms with Crippen molar-refractivity contribution in [3.63, 3.8) is 0 Å². The Bertz CT molecular complexity index is 563. The average molecular weight is 330 g/mol. The van der Waals surface area contributed by atoms with E-state index in [1.807, 2.05) is 6.20 Å². The zero-order valence-electron chi connectivity index (χ0n) is 12.4. The lowest BCUT2D eigenvalue weighted by atomic mass is 9.87. The fourth-order valence-corrected chi connectivity index (χ4v) is 3.36. The number of hydrogen-bond donors (Lipinski definition) is 2. The molecule has 1 heterocycles.